The number of nitrogens with zero attached hydrogens (tertiary/aromatic N) is 2. The highest BCUT2D eigenvalue weighted by Gasteiger charge is 2.38. The summed E-state index contributed by atoms with van der Waals surface area (Å²) in [5, 5.41) is 2.06. The van der Waals surface area contributed by atoms with Gasteiger partial charge in [-0.1, -0.05) is 170 Å². The van der Waals surface area contributed by atoms with Gasteiger partial charge >= 0.3 is 0 Å². The molecule has 0 saturated carbocycles. The first-order chi connectivity index (χ1) is 33.2. The molecule has 2 aliphatic rings. The van der Waals surface area contributed by atoms with Crippen LogP contribution in [0.25, 0.3) is 32.3 Å². The Kier molecular flexibility index (Phi) is 22.7. The minimum atomic E-state index is -0.148. The van der Waals surface area contributed by atoms with E-state index in [9.17, 15) is 0 Å². The van der Waals surface area contributed by atoms with Gasteiger partial charge in [-0.05, 0) is 110 Å². The molecule has 0 radical (unpaired) electrons. The highest BCUT2D eigenvalue weighted by atomic mass is 32.2. The van der Waals surface area contributed by atoms with Crippen molar-refractivity contribution in [2.75, 3.05) is 11.5 Å². The van der Waals surface area contributed by atoms with Crippen LogP contribution in [0.3, 0.4) is 0 Å². The van der Waals surface area contributed by atoms with E-state index < -0.39 is 0 Å². The van der Waals surface area contributed by atoms with Gasteiger partial charge in [0.25, 0.3) is 0 Å². The molecule has 68 heavy (non-hydrogen) atoms. The van der Waals surface area contributed by atoms with Gasteiger partial charge < -0.3 is 0 Å². The lowest BCUT2D eigenvalue weighted by Gasteiger charge is -2.15. The SMILES string of the molecule is CCCCC(CC)CCc1ccc(-c2ccc(C3=C4C(SCC(CC)CCCC)=NC(c5ccc(-c6ccc(CCC(CC)CCCC)cc6F)s5)=C4C(SCC(CC)CCCC)=N3)s2)c(F)c1. The topological polar surface area (TPSA) is 24.7 Å². The van der Waals surface area contributed by atoms with Crippen LogP contribution in [0.4, 0.5) is 8.78 Å². The summed E-state index contributed by atoms with van der Waals surface area (Å²) in [6.45, 7) is 18.3. The molecule has 0 amide bonds. The average Bonchev–Trinajstić information content (AvgIpc) is 4.18. The van der Waals surface area contributed by atoms with Crippen molar-refractivity contribution in [3.05, 3.63) is 104 Å². The number of halogens is 2. The maximum absolute atomic E-state index is 16.1. The molecule has 2 aromatic heterocycles. The van der Waals surface area contributed by atoms with E-state index in [1.165, 1.54) is 89.9 Å². The maximum atomic E-state index is 16.1. The Morgan fingerprint density at radius 2 is 0.794 bits per heavy atom. The highest BCUT2D eigenvalue weighted by Crippen LogP contribution is 2.51. The van der Waals surface area contributed by atoms with Crippen LogP contribution in [0.2, 0.25) is 0 Å². The third kappa shape index (κ3) is 14.7. The van der Waals surface area contributed by atoms with Crippen molar-refractivity contribution in [3.63, 3.8) is 0 Å². The lowest BCUT2D eigenvalue weighted by atomic mass is 9.92. The molecule has 2 aliphatic heterocycles. The summed E-state index contributed by atoms with van der Waals surface area (Å²) in [4.78, 5) is 15.1. The summed E-state index contributed by atoms with van der Waals surface area (Å²) < 4.78 is 32.2. The first-order valence-corrected chi connectivity index (χ1v) is 30.5. The van der Waals surface area contributed by atoms with Crippen LogP contribution in [0.5, 0.6) is 0 Å². The van der Waals surface area contributed by atoms with Crippen molar-refractivity contribution in [2.45, 2.75) is 184 Å². The Labute approximate surface area is 427 Å². The molecule has 0 saturated heterocycles. The van der Waals surface area contributed by atoms with Crippen LogP contribution in [0.1, 0.15) is 192 Å². The normalized spacial score (nSPS) is 15.6. The van der Waals surface area contributed by atoms with Crippen molar-refractivity contribution in [1.29, 1.82) is 0 Å². The van der Waals surface area contributed by atoms with Crippen molar-refractivity contribution in [2.24, 2.45) is 33.7 Å². The van der Waals surface area contributed by atoms with E-state index >= 15 is 8.78 Å². The predicted molar refractivity (Wildman–Crippen MR) is 303 cm³/mol. The van der Waals surface area contributed by atoms with Crippen molar-refractivity contribution < 1.29 is 8.78 Å². The third-order valence-electron chi connectivity index (χ3n) is 14.6. The van der Waals surface area contributed by atoms with Crippen LogP contribution < -0.4 is 0 Å². The Hall–Kier alpha value is -2.78. The van der Waals surface area contributed by atoms with E-state index in [1.54, 1.807) is 34.8 Å². The van der Waals surface area contributed by atoms with Gasteiger partial charge in [0.15, 0.2) is 0 Å². The Morgan fingerprint density at radius 3 is 1.13 bits per heavy atom. The molecular weight excluding hydrogens is 915 g/mol. The molecule has 2 aromatic carbocycles. The van der Waals surface area contributed by atoms with Crippen molar-refractivity contribution in [3.8, 4) is 20.9 Å². The summed E-state index contributed by atoms with van der Waals surface area (Å²) in [6.07, 6.45) is 23.5. The number of hydrogen-bond acceptors (Lipinski definition) is 6. The molecule has 6 rings (SSSR count). The first-order valence-electron chi connectivity index (χ1n) is 26.9. The summed E-state index contributed by atoms with van der Waals surface area (Å²) in [6, 6.07) is 20.3. The third-order valence-corrected chi connectivity index (χ3v) is 19.3. The fourth-order valence-electron chi connectivity index (χ4n) is 9.72. The summed E-state index contributed by atoms with van der Waals surface area (Å²) in [5.41, 5.74) is 7.62. The smallest absolute Gasteiger partial charge is 0.132 e. The number of thioether (sulfide) groups is 2. The molecule has 370 valence electrons. The van der Waals surface area contributed by atoms with Gasteiger partial charge in [0, 0.05) is 43.5 Å². The number of fused-ring (bicyclic) bond motifs is 1. The number of aliphatic imine (C=N–C) groups is 2. The van der Waals surface area contributed by atoms with E-state index in [0.717, 1.165) is 113 Å². The highest BCUT2D eigenvalue weighted by molar-refractivity contribution is 8.15. The van der Waals surface area contributed by atoms with Gasteiger partial charge in [0.05, 0.1) is 21.1 Å². The molecule has 4 atom stereocenters. The van der Waals surface area contributed by atoms with E-state index in [-0.39, 0.29) is 11.6 Å². The predicted octanol–water partition coefficient (Wildman–Crippen LogP) is 20.6. The zero-order valence-electron chi connectivity index (χ0n) is 42.9. The lowest BCUT2D eigenvalue weighted by Crippen LogP contribution is -2.08. The molecule has 4 heterocycles. The number of rotatable bonds is 30. The molecule has 4 unspecified atom stereocenters. The zero-order valence-corrected chi connectivity index (χ0v) is 46.2. The molecule has 0 aliphatic carbocycles. The summed E-state index contributed by atoms with van der Waals surface area (Å²) >= 11 is 7.03. The van der Waals surface area contributed by atoms with Crippen LogP contribution in [-0.4, -0.2) is 21.6 Å². The lowest BCUT2D eigenvalue weighted by molar-refractivity contribution is 0.421. The van der Waals surface area contributed by atoms with E-state index in [0.29, 0.717) is 34.8 Å². The molecule has 2 nitrogen and oxygen atoms in total. The van der Waals surface area contributed by atoms with Crippen LogP contribution in [0, 0.1) is 35.3 Å². The average molecular weight is 998 g/mol. The van der Waals surface area contributed by atoms with Gasteiger partial charge in [0.1, 0.15) is 21.7 Å². The second-order valence-corrected chi connectivity index (χ2v) is 23.8. The molecule has 0 bridgehead atoms. The Morgan fingerprint density at radius 1 is 0.441 bits per heavy atom. The minimum absolute atomic E-state index is 0.148. The fourth-order valence-corrected chi connectivity index (χ4v) is 14.4. The van der Waals surface area contributed by atoms with Crippen molar-refractivity contribution >= 4 is 67.7 Å². The minimum Gasteiger partial charge on any atom is -0.239 e. The zero-order chi connectivity index (χ0) is 48.4. The fraction of sp³-hybridized carbons (Fsp3) is 0.567. The van der Waals surface area contributed by atoms with Crippen LogP contribution in [-0.2, 0) is 12.8 Å². The second kappa shape index (κ2) is 28.3. The van der Waals surface area contributed by atoms with E-state index in [4.69, 9.17) is 9.98 Å². The van der Waals surface area contributed by atoms with Gasteiger partial charge in [-0.2, -0.15) is 0 Å². The summed E-state index contributed by atoms with van der Waals surface area (Å²) in [5.74, 6) is 4.30. The van der Waals surface area contributed by atoms with Crippen LogP contribution in [0.15, 0.2) is 81.8 Å². The number of unbranched alkanes of at least 4 members (excludes halogenated alkanes) is 4. The Balaban J connectivity index is 1.36. The first kappa shape index (κ1) is 54.6. The largest absolute Gasteiger partial charge is 0.239 e. The van der Waals surface area contributed by atoms with Gasteiger partial charge in [-0.25, -0.2) is 18.8 Å². The molecule has 8 heteroatoms. The molecule has 0 spiro atoms. The summed E-state index contributed by atoms with van der Waals surface area (Å²) in [7, 11) is 0. The standard InChI is InChI=1S/C60H82F2N2S4/c1-9-17-21-41(13-5)25-27-45-29-31-47(49(61)37-45)51-33-35-53(67-51)57-55-56(60(63-57)66-40-44(16-8)24-20-12-4)58(64-59(55)65-39-43(15-7)23-19-11-3)54-36-34-52(68-54)48-32-30-46(38-50(48)62)28-26-42(14-6)22-18-10-2/h29-38,41-44H,9-28,39-40H2,1-8H3. The quantitative estimate of drug-likeness (QED) is 0.0520. The molecule has 0 fully saturated rings. The number of aryl methyl sites for hydroxylation is 2. The van der Waals surface area contributed by atoms with Gasteiger partial charge in [0.2, 0.25) is 0 Å². The monoisotopic (exact) mass is 997 g/mol. The molecule has 4 aromatic rings. The number of hydrogen-bond donors (Lipinski definition) is 0. The second-order valence-electron chi connectivity index (χ2n) is 19.6. The maximum Gasteiger partial charge on any atom is 0.132 e. The number of thiophene rings is 2. The van der Waals surface area contributed by atoms with E-state index in [1.807, 2.05) is 35.7 Å². The molecule has 0 N–H and O–H groups in total. The van der Waals surface area contributed by atoms with Gasteiger partial charge in [-0.3, -0.25) is 0 Å². The van der Waals surface area contributed by atoms with E-state index in [2.05, 4.69) is 91.8 Å². The molecular formula is C60H82F2N2S4. The number of benzene rings is 2. The van der Waals surface area contributed by atoms with Crippen LogP contribution >= 0.6 is 46.2 Å². The van der Waals surface area contributed by atoms with Gasteiger partial charge in [-0.15, -0.1) is 46.2 Å². The Bertz CT molecular complexity index is 2170. The van der Waals surface area contributed by atoms with Crippen molar-refractivity contribution in [1.82, 2.24) is 0 Å².